The summed E-state index contributed by atoms with van der Waals surface area (Å²) in [7, 11) is 0. The van der Waals surface area contributed by atoms with Crippen LogP contribution < -0.4 is 5.32 Å². The van der Waals surface area contributed by atoms with E-state index in [2.05, 4.69) is 34.7 Å². The Kier molecular flexibility index (Phi) is 4.36. The van der Waals surface area contributed by atoms with Crippen molar-refractivity contribution in [2.45, 2.75) is 19.4 Å². The third-order valence-corrected chi connectivity index (χ3v) is 5.78. The zero-order valence-corrected chi connectivity index (χ0v) is 13.5. The summed E-state index contributed by atoms with van der Waals surface area (Å²) in [5, 5.41) is 6.45. The topological polar surface area (TPSA) is 24.9 Å². The number of aromatic nitrogens is 1. The third-order valence-electron chi connectivity index (χ3n) is 3.23. The third kappa shape index (κ3) is 2.88. The Morgan fingerprint density at radius 1 is 1.35 bits per heavy atom. The molecule has 0 spiro atoms. The summed E-state index contributed by atoms with van der Waals surface area (Å²) in [5.74, 6) is 0. The molecule has 5 heteroatoms. The molecule has 0 aliphatic heterocycles. The molecule has 1 unspecified atom stereocenters. The number of likely N-dealkylation sites (N-methyl/N-ethyl adjacent to an activating group) is 1. The van der Waals surface area contributed by atoms with Crippen LogP contribution in [-0.4, -0.2) is 11.5 Å². The number of halogens is 1. The fourth-order valence-corrected chi connectivity index (χ4v) is 4.66. The molecule has 1 atom stereocenters. The number of nitrogens with zero attached hydrogens (tertiary/aromatic N) is 1. The average Bonchev–Trinajstić information content (AvgIpc) is 3.01. The molecule has 2 nitrogen and oxygen atoms in total. The van der Waals surface area contributed by atoms with Gasteiger partial charge in [-0.3, -0.25) is 4.98 Å². The van der Waals surface area contributed by atoms with Gasteiger partial charge < -0.3 is 5.32 Å². The molecule has 0 radical (unpaired) electrons. The average molecular weight is 323 g/mol. The molecule has 104 valence electrons. The minimum absolute atomic E-state index is 0.310. The van der Waals surface area contributed by atoms with Gasteiger partial charge in [-0.1, -0.05) is 18.5 Å². The summed E-state index contributed by atoms with van der Waals surface area (Å²) in [6.07, 6.45) is 4.41. The van der Waals surface area contributed by atoms with Gasteiger partial charge in [0, 0.05) is 32.7 Å². The van der Waals surface area contributed by atoms with E-state index in [1.807, 2.05) is 17.4 Å². The first-order valence-electron chi connectivity index (χ1n) is 6.56. The fourth-order valence-electron chi connectivity index (χ4n) is 2.27. The smallest absolute Gasteiger partial charge is 0.0622 e. The van der Waals surface area contributed by atoms with E-state index in [4.69, 9.17) is 11.6 Å². The molecular weight excluding hydrogens is 308 g/mol. The van der Waals surface area contributed by atoms with Crippen molar-refractivity contribution in [1.82, 2.24) is 10.3 Å². The van der Waals surface area contributed by atoms with Crippen molar-refractivity contribution in [3.8, 4) is 0 Å². The predicted octanol–water partition coefficient (Wildman–Crippen LogP) is 4.90. The lowest BCUT2D eigenvalue weighted by atomic mass is 10.1. The monoisotopic (exact) mass is 322 g/mol. The molecule has 0 bridgehead atoms. The van der Waals surface area contributed by atoms with Gasteiger partial charge >= 0.3 is 0 Å². The van der Waals surface area contributed by atoms with E-state index < -0.39 is 0 Å². The van der Waals surface area contributed by atoms with Crippen LogP contribution in [0, 0.1) is 0 Å². The lowest BCUT2D eigenvalue weighted by molar-refractivity contribution is 0.558. The van der Waals surface area contributed by atoms with Crippen LogP contribution in [0.3, 0.4) is 0 Å². The first kappa shape index (κ1) is 14.0. The Labute approximate surface area is 131 Å². The molecule has 0 amide bonds. The van der Waals surface area contributed by atoms with Gasteiger partial charge in [0.2, 0.25) is 0 Å². The second-order valence-electron chi connectivity index (χ2n) is 4.58. The van der Waals surface area contributed by atoms with Gasteiger partial charge in [0.05, 0.1) is 5.02 Å². The lowest BCUT2D eigenvalue weighted by Crippen LogP contribution is -2.22. The minimum atomic E-state index is 0.310. The zero-order chi connectivity index (χ0) is 13.9. The second kappa shape index (κ2) is 6.22. The highest BCUT2D eigenvalue weighted by atomic mass is 35.5. The first-order chi connectivity index (χ1) is 9.78. The molecule has 0 aliphatic rings. The maximum absolute atomic E-state index is 6.23. The number of hydrogen-bond donors (Lipinski definition) is 1. The van der Waals surface area contributed by atoms with Crippen LogP contribution in [0.4, 0.5) is 0 Å². The highest BCUT2D eigenvalue weighted by Crippen LogP contribution is 2.35. The molecule has 3 heterocycles. The van der Waals surface area contributed by atoms with E-state index in [1.165, 1.54) is 14.3 Å². The zero-order valence-electron chi connectivity index (χ0n) is 11.1. The van der Waals surface area contributed by atoms with Crippen molar-refractivity contribution in [2.24, 2.45) is 0 Å². The highest BCUT2D eigenvalue weighted by molar-refractivity contribution is 7.26. The summed E-state index contributed by atoms with van der Waals surface area (Å²) in [6, 6.07) is 6.80. The van der Waals surface area contributed by atoms with Crippen LogP contribution in [0.25, 0.3) is 9.40 Å². The standard InChI is InChI=1S/C15H15ClN2S2/c1-2-18-12(7-10-3-5-17-9-11(10)16)14-8-15-13(20-14)4-6-19-15/h3-6,8-9,12,18H,2,7H2,1H3. The van der Waals surface area contributed by atoms with Crippen molar-refractivity contribution in [3.63, 3.8) is 0 Å². The molecule has 3 aromatic heterocycles. The van der Waals surface area contributed by atoms with Crippen molar-refractivity contribution in [1.29, 1.82) is 0 Å². The van der Waals surface area contributed by atoms with E-state index in [-0.39, 0.29) is 0 Å². The molecule has 3 aromatic rings. The molecule has 1 N–H and O–H groups in total. The van der Waals surface area contributed by atoms with Gasteiger partial charge in [-0.25, -0.2) is 0 Å². The van der Waals surface area contributed by atoms with E-state index in [1.54, 1.807) is 23.7 Å². The fraction of sp³-hybridized carbons (Fsp3) is 0.267. The van der Waals surface area contributed by atoms with Gasteiger partial charge in [0.1, 0.15) is 0 Å². The summed E-state index contributed by atoms with van der Waals surface area (Å²) in [6.45, 7) is 3.08. The quantitative estimate of drug-likeness (QED) is 0.722. The van der Waals surface area contributed by atoms with Crippen LogP contribution in [0.15, 0.2) is 36.0 Å². The van der Waals surface area contributed by atoms with Gasteiger partial charge in [0.15, 0.2) is 0 Å². The van der Waals surface area contributed by atoms with E-state index in [0.29, 0.717) is 6.04 Å². The number of fused-ring (bicyclic) bond motifs is 1. The largest absolute Gasteiger partial charge is 0.309 e. The summed E-state index contributed by atoms with van der Waals surface area (Å²) < 4.78 is 2.74. The Hall–Kier alpha value is -0.940. The van der Waals surface area contributed by atoms with Gasteiger partial charge in [0.25, 0.3) is 0 Å². The Bertz CT molecular complexity index is 676. The number of rotatable bonds is 5. The summed E-state index contributed by atoms with van der Waals surface area (Å²) in [5.41, 5.74) is 1.14. The van der Waals surface area contributed by atoms with Gasteiger partial charge in [-0.15, -0.1) is 22.7 Å². The van der Waals surface area contributed by atoms with Crippen LogP contribution >= 0.6 is 34.3 Å². The maximum Gasteiger partial charge on any atom is 0.0622 e. The van der Waals surface area contributed by atoms with E-state index in [9.17, 15) is 0 Å². The first-order valence-corrected chi connectivity index (χ1v) is 8.64. The van der Waals surface area contributed by atoms with Crippen molar-refractivity contribution in [2.75, 3.05) is 6.54 Å². The number of nitrogens with one attached hydrogen (secondary N) is 1. The SMILES string of the molecule is CCNC(Cc1ccncc1Cl)c1cc2sccc2s1. The predicted molar refractivity (Wildman–Crippen MR) is 89.1 cm³/mol. The molecule has 20 heavy (non-hydrogen) atoms. The van der Waals surface area contributed by atoms with Gasteiger partial charge in [-0.2, -0.15) is 0 Å². The second-order valence-corrected chi connectivity index (χ2v) is 7.05. The van der Waals surface area contributed by atoms with Crippen LogP contribution in [0.1, 0.15) is 23.4 Å². The normalized spacial score (nSPS) is 12.9. The molecule has 0 saturated carbocycles. The van der Waals surface area contributed by atoms with Crippen molar-refractivity contribution in [3.05, 3.63) is 51.4 Å². The lowest BCUT2D eigenvalue weighted by Gasteiger charge is -2.17. The number of hydrogen-bond acceptors (Lipinski definition) is 4. The molecule has 0 fully saturated rings. The van der Waals surface area contributed by atoms with E-state index in [0.717, 1.165) is 23.6 Å². The van der Waals surface area contributed by atoms with Crippen molar-refractivity contribution >= 4 is 43.7 Å². The molecule has 0 saturated heterocycles. The highest BCUT2D eigenvalue weighted by Gasteiger charge is 2.16. The van der Waals surface area contributed by atoms with E-state index >= 15 is 0 Å². The van der Waals surface area contributed by atoms with Crippen LogP contribution in [-0.2, 0) is 6.42 Å². The molecule has 3 rings (SSSR count). The van der Waals surface area contributed by atoms with Crippen LogP contribution in [0.2, 0.25) is 5.02 Å². The molecule has 0 aromatic carbocycles. The number of thiophene rings is 2. The summed E-state index contributed by atoms with van der Waals surface area (Å²) >= 11 is 9.89. The molecular formula is C15H15ClN2S2. The Balaban J connectivity index is 1.89. The number of pyridine rings is 1. The summed E-state index contributed by atoms with van der Waals surface area (Å²) in [4.78, 5) is 5.43. The Morgan fingerprint density at radius 2 is 2.25 bits per heavy atom. The minimum Gasteiger partial charge on any atom is -0.309 e. The Morgan fingerprint density at radius 3 is 3.00 bits per heavy atom. The van der Waals surface area contributed by atoms with Crippen LogP contribution in [0.5, 0.6) is 0 Å². The van der Waals surface area contributed by atoms with Crippen molar-refractivity contribution < 1.29 is 0 Å². The molecule has 0 aliphatic carbocycles. The maximum atomic E-state index is 6.23. The van der Waals surface area contributed by atoms with Gasteiger partial charge in [-0.05, 0) is 42.1 Å².